The maximum atomic E-state index is 11.6. The number of aliphatic hydroxyl groups is 1. The number of carbonyl (C=O) groups is 2. The summed E-state index contributed by atoms with van der Waals surface area (Å²) in [4.78, 5) is 29.9. The molecule has 7 heteroatoms. The van der Waals surface area contributed by atoms with Gasteiger partial charge in [0, 0.05) is 12.7 Å². The maximum absolute atomic E-state index is 11.6. The summed E-state index contributed by atoms with van der Waals surface area (Å²) in [5, 5.41) is 20.7. The van der Waals surface area contributed by atoms with Gasteiger partial charge in [0.15, 0.2) is 0 Å². The van der Waals surface area contributed by atoms with Crippen molar-refractivity contribution < 1.29 is 19.8 Å². The molecule has 1 rings (SSSR count). The molecule has 1 unspecified atom stereocenters. The van der Waals surface area contributed by atoms with Crippen LogP contribution >= 0.6 is 0 Å². The predicted octanol–water partition coefficient (Wildman–Crippen LogP) is -0.259. The van der Waals surface area contributed by atoms with E-state index in [9.17, 15) is 14.7 Å². The minimum Gasteiger partial charge on any atom is -0.481 e. The predicted molar refractivity (Wildman–Crippen MR) is 62.0 cm³/mol. The molecule has 98 valence electrons. The summed E-state index contributed by atoms with van der Waals surface area (Å²) < 4.78 is 0. The van der Waals surface area contributed by atoms with E-state index in [1.807, 2.05) is 0 Å². The van der Waals surface area contributed by atoms with Gasteiger partial charge in [-0.05, 0) is 13.8 Å². The lowest BCUT2D eigenvalue weighted by molar-refractivity contribution is -0.141. The molecule has 1 amide bonds. The van der Waals surface area contributed by atoms with Crippen LogP contribution in [-0.2, 0) is 4.79 Å². The molecule has 1 aromatic heterocycles. The van der Waals surface area contributed by atoms with Crippen LogP contribution in [0.2, 0.25) is 0 Å². The highest BCUT2D eigenvalue weighted by Crippen LogP contribution is 2.07. The molecule has 0 fully saturated rings. The van der Waals surface area contributed by atoms with E-state index in [-0.39, 0.29) is 12.2 Å². The standard InChI is InChI=1S/C11H15N3O4/c1-7-4-13-8(5-12-7)10(17)14-6-11(2,18)3-9(15)16/h4-5,18H,3,6H2,1-2H3,(H,14,17)(H,15,16). The van der Waals surface area contributed by atoms with Gasteiger partial charge in [0.25, 0.3) is 5.91 Å². The first-order valence-electron chi connectivity index (χ1n) is 5.31. The van der Waals surface area contributed by atoms with E-state index in [2.05, 4.69) is 15.3 Å². The Balaban J connectivity index is 2.55. The van der Waals surface area contributed by atoms with Crippen molar-refractivity contribution in [2.75, 3.05) is 6.54 Å². The fourth-order valence-corrected chi connectivity index (χ4v) is 1.26. The second kappa shape index (κ2) is 5.54. The Kier molecular flexibility index (Phi) is 4.33. The smallest absolute Gasteiger partial charge is 0.306 e. The molecule has 0 aromatic carbocycles. The third kappa shape index (κ3) is 4.46. The number of nitrogens with one attached hydrogen (secondary N) is 1. The summed E-state index contributed by atoms with van der Waals surface area (Å²) >= 11 is 0. The summed E-state index contributed by atoms with van der Waals surface area (Å²) in [7, 11) is 0. The van der Waals surface area contributed by atoms with Crippen LogP contribution in [0, 0.1) is 6.92 Å². The van der Waals surface area contributed by atoms with Crippen molar-refractivity contribution in [3.8, 4) is 0 Å². The Morgan fingerprint density at radius 2 is 2.06 bits per heavy atom. The van der Waals surface area contributed by atoms with Gasteiger partial charge in [0.2, 0.25) is 0 Å². The number of aromatic nitrogens is 2. The van der Waals surface area contributed by atoms with Crippen molar-refractivity contribution in [2.45, 2.75) is 25.9 Å². The molecule has 0 aliphatic rings. The molecule has 3 N–H and O–H groups in total. The van der Waals surface area contributed by atoms with Crippen LogP contribution in [0.3, 0.4) is 0 Å². The Bertz CT molecular complexity index is 442. The van der Waals surface area contributed by atoms with Gasteiger partial charge in [-0.15, -0.1) is 0 Å². The number of rotatable bonds is 5. The Morgan fingerprint density at radius 3 is 2.56 bits per heavy atom. The fraction of sp³-hybridized carbons (Fsp3) is 0.455. The van der Waals surface area contributed by atoms with Crippen molar-refractivity contribution in [1.29, 1.82) is 0 Å². The second-order valence-corrected chi connectivity index (χ2v) is 4.29. The van der Waals surface area contributed by atoms with Crippen molar-refractivity contribution >= 4 is 11.9 Å². The summed E-state index contributed by atoms with van der Waals surface area (Å²) in [6.07, 6.45) is 2.31. The summed E-state index contributed by atoms with van der Waals surface area (Å²) in [6.45, 7) is 2.91. The third-order valence-corrected chi connectivity index (χ3v) is 2.18. The van der Waals surface area contributed by atoms with E-state index in [1.54, 1.807) is 6.92 Å². The van der Waals surface area contributed by atoms with Gasteiger partial charge in [-0.3, -0.25) is 14.6 Å². The van der Waals surface area contributed by atoms with Gasteiger partial charge in [0.1, 0.15) is 5.69 Å². The van der Waals surface area contributed by atoms with E-state index in [0.717, 1.165) is 0 Å². The average molecular weight is 253 g/mol. The number of nitrogens with zero attached hydrogens (tertiary/aromatic N) is 2. The average Bonchev–Trinajstić information content (AvgIpc) is 2.25. The topological polar surface area (TPSA) is 112 Å². The zero-order valence-corrected chi connectivity index (χ0v) is 10.2. The van der Waals surface area contributed by atoms with Gasteiger partial charge in [-0.2, -0.15) is 0 Å². The number of aryl methyl sites for hydroxylation is 1. The Labute approximate surface area is 104 Å². The van der Waals surface area contributed by atoms with Crippen LogP contribution < -0.4 is 5.32 Å². The quantitative estimate of drug-likeness (QED) is 0.666. The Morgan fingerprint density at radius 1 is 1.39 bits per heavy atom. The Hall–Kier alpha value is -2.02. The molecule has 0 bridgehead atoms. The van der Waals surface area contributed by atoms with Gasteiger partial charge in [0.05, 0.1) is 23.9 Å². The first-order chi connectivity index (χ1) is 8.30. The van der Waals surface area contributed by atoms with Crippen molar-refractivity contribution in [3.05, 3.63) is 23.8 Å². The molecular formula is C11H15N3O4. The maximum Gasteiger partial charge on any atom is 0.306 e. The van der Waals surface area contributed by atoms with E-state index in [0.29, 0.717) is 5.69 Å². The number of aliphatic carboxylic acids is 1. The molecular weight excluding hydrogens is 238 g/mol. The van der Waals surface area contributed by atoms with E-state index < -0.39 is 23.9 Å². The molecule has 0 aliphatic heterocycles. The molecule has 18 heavy (non-hydrogen) atoms. The van der Waals surface area contributed by atoms with Crippen LogP contribution in [0.25, 0.3) is 0 Å². The van der Waals surface area contributed by atoms with Crippen LogP contribution in [0.5, 0.6) is 0 Å². The minimum absolute atomic E-state index is 0.117. The molecule has 1 aromatic rings. The summed E-state index contributed by atoms with van der Waals surface area (Å²) in [6, 6.07) is 0. The van der Waals surface area contributed by atoms with E-state index in [1.165, 1.54) is 19.3 Å². The van der Waals surface area contributed by atoms with Crippen LogP contribution in [0.1, 0.15) is 29.5 Å². The highest BCUT2D eigenvalue weighted by atomic mass is 16.4. The molecule has 7 nitrogen and oxygen atoms in total. The largest absolute Gasteiger partial charge is 0.481 e. The van der Waals surface area contributed by atoms with E-state index in [4.69, 9.17) is 5.11 Å². The number of carboxylic acids is 1. The number of amides is 1. The van der Waals surface area contributed by atoms with Crippen LogP contribution in [0.4, 0.5) is 0 Å². The van der Waals surface area contributed by atoms with Gasteiger partial charge in [-0.1, -0.05) is 0 Å². The summed E-state index contributed by atoms with van der Waals surface area (Å²) in [5.74, 6) is -1.64. The minimum atomic E-state index is -1.50. The van der Waals surface area contributed by atoms with Crippen LogP contribution in [0.15, 0.2) is 12.4 Å². The number of hydrogen-bond donors (Lipinski definition) is 3. The van der Waals surface area contributed by atoms with Gasteiger partial charge < -0.3 is 15.5 Å². The monoisotopic (exact) mass is 253 g/mol. The second-order valence-electron chi connectivity index (χ2n) is 4.29. The lowest BCUT2D eigenvalue weighted by atomic mass is 10.0. The highest BCUT2D eigenvalue weighted by Gasteiger charge is 2.25. The lowest BCUT2D eigenvalue weighted by Crippen LogP contribution is -2.42. The molecule has 1 heterocycles. The number of carboxylic acid groups (broad SMARTS) is 1. The summed E-state index contributed by atoms with van der Waals surface area (Å²) in [5.41, 5.74) is -0.698. The van der Waals surface area contributed by atoms with Gasteiger partial charge >= 0.3 is 5.97 Å². The lowest BCUT2D eigenvalue weighted by Gasteiger charge is -2.21. The highest BCUT2D eigenvalue weighted by molar-refractivity contribution is 5.91. The molecule has 0 saturated heterocycles. The van der Waals surface area contributed by atoms with Crippen molar-refractivity contribution in [3.63, 3.8) is 0 Å². The normalized spacial score (nSPS) is 13.7. The van der Waals surface area contributed by atoms with Crippen molar-refractivity contribution in [1.82, 2.24) is 15.3 Å². The molecule has 0 aliphatic carbocycles. The molecule has 0 spiro atoms. The zero-order chi connectivity index (χ0) is 13.8. The number of hydrogen-bond acceptors (Lipinski definition) is 5. The van der Waals surface area contributed by atoms with Crippen LogP contribution in [-0.4, -0.2) is 44.2 Å². The number of carbonyl (C=O) groups excluding carboxylic acids is 1. The zero-order valence-electron chi connectivity index (χ0n) is 10.2. The molecule has 1 atom stereocenters. The fourth-order valence-electron chi connectivity index (χ4n) is 1.26. The SMILES string of the molecule is Cc1cnc(C(=O)NCC(C)(O)CC(=O)O)cn1. The molecule has 0 saturated carbocycles. The molecule has 0 radical (unpaired) electrons. The van der Waals surface area contributed by atoms with E-state index >= 15 is 0 Å². The third-order valence-electron chi connectivity index (χ3n) is 2.18. The van der Waals surface area contributed by atoms with Crippen molar-refractivity contribution in [2.24, 2.45) is 0 Å². The first-order valence-corrected chi connectivity index (χ1v) is 5.31. The van der Waals surface area contributed by atoms with Gasteiger partial charge in [-0.25, -0.2) is 4.98 Å². The first kappa shape index (κ1) is 14.0.